The summed E-state index contributed by atoms with van der Waals surface area (Å²) in [7, 11) is 0. The fraction of sp³-hybridized carbons (Fsp3) is 0.647. The maximum Gasteiger partial charge on any atom is 0.0462 e. The van der Waals surface area contributed by atoms with E-state index in [1.54, 1.807) is 0 Å². The number of piperidine rings is 1. The minimum absolute atomic E-state index is 0.878. The van der Waals surface area contributed by atoms with Crippen LogP contribution in [-0.2, 0) is 6.54 Å². The van der Waals surface area contributed by atoms with Crippen molar-refractivity contribution in [3.63, 3.8) is 0 Å². The molecule has 1 aromatic rings. The minimum Gasteiger partial charge on any atom is -0.303 e. The van der Waals surface area contributed by atoms with Gasteiger partial charge in [0.2, 0.25) is 0 Å². The summed E-state index contributed by atoms with van der Waals surface area (Å²) in [6, 6.07) is 6.22. The van der Waals surface area contributed by atoms with E-state index in [4.69, 9.17) is 11.6 Å². The van der Waals surface area contributed by atoms with Crippen LogP contribution in [0.1, 0.15) is 31.2 Å². The van der Waals surface area contributed by atoms with Gasteiger partial charge in [0.1, 0.15) is 0 Å². The third kappa shape index (κ3) is 4.44. The van der Waals surface area contributed by atoms with Crippen LogP contribution in [0.25, 0.3) is 0 Å². The number of rotatable bonds is 4. The molecule has 0 aromatic heterocycles. The Hall–Kier alpha value is -0.0900. The molecule has 4 heteroatoms. The van der Waals surface area contributed by atoms with E-state index < -0.39 is 0 Å². The minimum atomic E-state index is 0.878. The second-order valence-electron chi connectivity index (χ2n) is 6.46. The van der Waals surface area contributed by atoms with Gasteiger partial charge in [-0.1, -0.05) is 33.6 Å². The van der Waals surface area contributed by atoms with E-state index in [1.165, 1.54) is 64.0 Å². The normalized spacial score (nSPS) is 22.0. The van der Waals surface area contributed by atoms with Crippen molar-refractivity contribution in [1.29, 1.82) is 0 Å². The molecular formula is C17H24BrClN2. The molecule has 0 atom stereocenters. The molecule has 0 N–H and O–H groups in total. The average molecular weight is 372 g/mol. The number of hydrogen-bond donors (Lipinski definition) is 0. The van der Waals surface area contributed by atoms with Gasteiger partial charge in [-0.15, -0.1) is 0 Å². The predicted molar refractivity (Wildman–Crippen MR) is 92.8 cm³/mol. The Morgan fingerprint density at radius 1 is 1.05 bits per heavy atom. The molecule has 2 heterocycles. The topological polar surface area (TPSA) is 6.48 Å². The van der Waals surface area contributed by atoms with Crippen LogP contribution in [0.15, 0.2) is 22.7 Å². The number of hydrogen-bond acceptors (Lipinski definition) is 2. The summed E-state index contributed by atoms with van der Waals surface area (Å²) in [5.74, 6) is 0.903. The van der Waals surface area contributed by atoms with Crippen LogP contribution in [0.4, 0.5) is 0 Å². The van der Waals surface area contributed by atoms with Crippen molar-refractivity contribution >= 4 is 27.5 Å². The van der Waals surface area contributed by atoms with Gasteiger partial charge in [0.15, 0.2) is 0 Å². The Bertz CT molecular complexity index is 466. The highest BCUT2D eigenvalue weighted by atomic mass is 79.9. The third-order valence-corrected chi connectivity index (χ3v) is 5.68. The number of likely N-dealkylation sites (tertiary alicyclic amines) is 2. The molecule has 116 valence electrons. The zero-order valence-electron chi connectivity index (χ0n) is 12.5. The monoisotopic (exact) mass is 370 g/mol. The van der Waals surface area contributed by atoms with Crippen molar-refractivity contribution in [3.8, 4) is 0 Å². The van der Waals surface area contributed by atoms with E-state index in [1.807, 2.05) is 6.07 Å². The van der Waals surface area contributed by atoms with Crippen LogP contribution < -0.4 is 0 Å². The summed E-state index contributed by atoms with van der Waals surface area (Å²) in [6.07, 6.45) is 5.48. The van der Waals surface area contributed by atoms with Crippen molar-refractivity contribution in [2.45, 2.75) is 32.2 Å². The lowest BCUT2D eigenvalue weighted by atomic mass is 9.96. The number of benzene rings is 1. The van der Waals surface area contributed by atoms with Crippen molar-refractivity contribution in [1.82, 2.24) is 9.80 Å². The fourth-order valence-corrected chi connectivity index (χ4v) is 4.28. The fourth-order valence-electron chi connectivity index (χ4n) is 3.55. The van der Waals surface area contributed by atoms with Crippen molar-refractivity contribution in [2.24, 2.45) is 5.92 Å². The smallest absolute Gasteiger partial charge is 0.0462 e. The van der Waals surface area contributed by atoms with Crippen molar-refractivity contribution in [3.05, 3.63) is 33.3 Å². The second kappa shape index (κ2) is 7.45. The molecule has 3 rings (SSSR count). The lowest BCUT2D eigenvalue weighted by Crippen LogP contribution is -2.37. The third-order valence-electron chi connectivity index (χ3n) is 4.83. The van der Waals surface area contributed by atoms with E-state index in [9.17, 15) is 0 Å². The Balaban J connectivity index is 1.46. The summed E-state index contributed by atoms with van der Waals surface area (Å²) < 4.78 is 1.06. The molecule has 0 aliphatic carbocycles. The molecule has 21 heavy (non-hydrogen) atoms. The molecule has 2 fully saturated rings. The molecule has 0 saturated carbocycles. The quantitative estimate of drug-likeness (QED) is 0.773. The van der Waals surface area contributed by atoms with Gasteiger partial charge in [-0.2, -0.15) is 0 Å². The standard InChI is InChI=1S/C17H24BrClN2/c18-16-4-3-15(17(19)11-16)13-21-9-5-14(6-10-21)12-20-7-1-2-8-20/h3-4,11,14H,1-2,5-10,12-13H2. The van der Waals surface area contributed by atoms with Gasteiger partial charge in [0.25, 0.3) is 0 Å². The van der Waals surface area contributed by atoms with E-state index >= 15 is 0 Å². The van der Waals surface area contributed by atoms with Crippen LogP contribution in [0, 0.1) is 5.92 Å². The first-order chi connectivity index (χ1) is 10.2. The van der Waals surface area contributed by atoms with E-state index in [0.29, 0.717) is 0 Å². The highest BCUT2D eigenvalue weighted by molar-refractivity contribution is 9.10. The van der Waals surface area contributed by atoms with E-state index in [2.05, 4.69) is 37.9 Å². The Labute approximate surface area is 141 Å². The van der Waals surface area contributed by atoms with Crippen molar-refractivity contribution in [2.75, 3.05) is 32.7 Å². The Morgan fingerprint density at radius 3 is 2.43 bits per heavy atom. The maximum absolute atomic E-state index is 6.33. The summed E-state index contributed by atoms with van der Waals surface area (Å²) in [4.78, 5) is 5.21. The second-order valence-corrected chi connectivity index (χ2v) is 7.79. The molecule has 0 radical (unpaired) electrons. The maximum atomic E-state index is 6.33. The molecular weight excluding hydrogens is 348 g/mol. The van der Waals surface area contributed by atoms with Gasteiger partial charge in [-0.3, -0.25) is 4.90 Å². The molecule has 0 spiro atoms. The summed E-state index contributed by atoms with van der Waals surface area (Å²) in [6.45, 7) is 7.40. The van der Waals surface area contributed by atoms with E-state index in [0.717, 1.165) is 22.0 Å². The van der Waals surface area contributed by atoms with Crippen LogP contribution >= 0.6 is 27.5 Å². The Kier molecular flexibility index (Phi) is 5.60. The van der Waals surface area contributed by atoms with Crippen molar-refractivity contribution < 1.29 is 0 Å². The summed E-state index contributed by atoms with van der Waals surface area (Å²) in [5, 5.41) is 0.878. The summed E-state index contributed by atoms with van der Waals surface area (Å²) in [5.41, 5.74) is 1.25. The van der Waals surface area contributed by atoms with Gasteiger partial charge in [0, 0.05) is 22.6 Å². The van der Waals surface area contributed by atoms with Crippen LogP contribution in [-0.4, -0.2) is 42.5 Å². The van der Waals surface area contributed by atoms with Gasteiger partial charge in [0.05, 0.1) is 0 Å². The van der Waals surface area contributed by atoms with Gasteiger partial charge in [-0.05, 0) is 75.5 Å². The first kappa shape index (κ1) is 15.8. The number of nitrogens with zero attached hydrogens (tertiary/aromatic N) is 2. The number of halogens is 2. The molecule has 0 amide bonds. The highest BCUT2D eigenvalue weighted by Crippen LogP contribution is 2.25. The van der Waals surface area contributed by atoms with Gasteiger partial charge >= 0.3 is 0 Å². The van der Waals surface area contributed by atoms with Gasteiger partial charge in [-0.25, -0.2) is 0 Å². The SMILES string of the molecule is Clc1cc(Br)ccc1CN1CCC(CN2CCCC2)CC1. The first-order valence-electron chi connectivity index (χ1n) is 8.09. The zero-order valence-corrected chi connectivity index (χ0v) is 14.9. The molecule has 2 saturated heterocycles. The van der Waals surface area contributed by atoms with Crippen LogP contribution in [0.3, 0.4) is 0 Å². The summed E-state index contributed by atoms with van der Waals surface area (Å²) >= 11 is 9.80. The average Bonchev–Trinajstić information content (AvgIpc) is 2.97. The predicted octanol–water partition coefficient (Wildman–Crippen LogP) is 4.41. The Morgan fingerprint density at radius 2 is 1.76 bits per heavy atom. The highest BCUT2D eigenvalue weighted by Gasteiger charge is 2.23. The lowest BCUT2D eigenvalue weighted by Gasteiger charge is -2.34. The molecule has 2 aliphatic rings. The van der Waals surface area contributed by atoms with Crippen LogP contribution in [0.5, 0.6) is 0 Å². The molecule has 2 nitrogen and oxygen atoms in total. The van der Waals surface area contributed by atoms with Crippen LogP contribution in [0.2, 0.25) is 5.02 Å². The largest absolute Gasteiger partial charge is 0.303 e. The molecule has 2 aliphatic heterocycles. The first-order valence-corrected chi connectivity index (χ1v) is 9.26. The molecule has 1 aromatic carbocycles. The molecule has 0 bridgehead atoms. The lowest BCUT2D eigenvalue weighted by molar-refractivity contribution is 0.149. The zero-order chi connectivity index (χ0) is 14.7. The van der Waals surface area contributed by atoms with E-state index in [-0.39, 0.29) is 0 Å². The van der Waals surface area contributed by atoms with Gasteiger partial charge < -0.3 is 4.90 Å². The molecule has 0 unspecified atom stereocenters.